The Bertz CT molecular complexity index is 1130. The van der Waals surface area contributed by atoms with Crippen LogP contribution in [0.3, 0.4) is 0 Å². The van der Waals surface area contributed by atoms with E-state index in [4.69, 9.17) is 0 Å². The molecular formula is C26H38N4O4S. The summed E-state index contributed by atoms with van der Waals surface area (Å²) in [5.74, 6) is -0.445. The van der Waals surface area contributed by atoms with Crippen molar-refractivity contribution in [2.75, 3.05) is 26.2 Å². The molecule has 192 valence electrons. The number of carbonyl (C=O) groups excluding carboxylic acids is 2. The highest BCUT2D eigenvalue weighted by atomic mass is 32.2. The minimum atomic E-state index is -3.95. The van der Waals surface area contributed by atoms with E-state index >= 15 is 0 Å². The van der Waals surface area contributed by atoms with Crippen molar-refractivity contribution in [1.82, 2.24) is 19.8 Å². The smallest absolute Gasteiger partial charge is 0.317 e. The van der Waals surface area contributed by atoms with E-state index < -0.39 is 16.1 Å². The first-order chi connectivity index (χ1) is 16.7. The Hall–Kier alpha value is -2.65. The maximum Gasteiger partial charge on any atom is 0.317 e. The van der Waals surface area contributed by atoms with Gasteiger partial charge in [0, 0.05) is 37.6 Å². The van der Waals surface area contributed by atoms with Crippen LogP contribution in [-0.2, 0) is 14.8 Å². The molecule has 2 aromatic rings. The van der Waals surface area contributed by atoms with Gasteiger partial charge in [0.15, 0.2) is 0 Å². The van der Waals surface area contributed by atoms with Gasteiger partial charge in [-0.3, -0.25) is 4.79 Å². The lowest BCUT2D eigenvalue weighted by Gasteiger charge is -2.41. The zero-order valence-corrected chi connectivity index (χ0v) is 22.0. The number of benzene rings is 2. The van der Waals surface area contributed by atoms with E-state index in [0.717, 1.165) is 18.2 Å². The molecule has 0 saturated carbocycles. The molecule has 1 saturated heterocycles. The zero-order chi connectivity index (χ0) is 25.6. The first-order valence-corrected chi connectivity index (χ1v) is 14.0. The summed E-state index contributed by atoms with van der Waals surface area (Å²) in [4.78, 5) is 29.7. The Balaban J connectivity index is 1.76. The topological polar surface area (TPSA) is 98.8 Å². The van der Waals surface area contributed by atoms with Crippen LogP contribution in [0.2, 0.25) is 0 Å². The van der Waals surface area contributed by atoms with E-state index in [-0.39, 0.29) is 28.8 Å². The molecule has 9 heteroatoms. The fourth-order valence-corrected chi connectivity index (χ4v) is 5.96. The third-order valence-electron chi connectivity index (χ3n) is 6.81. The van der Waals surface area contributed by atoms with Crippen LogP contribution >= 0.6 is 0 Å². The molecule has 0 bridgehead atoms. The van der Waals surface area contributed by atoms with Crippen molar-refractivity contribution >= 4 is 32.7 Å². The molecule has 3 atom stereocenters. The van der Waals surface area contributed by atoms with E-state index in [1.165, 1.54) is 0 Å². The molecule has 8 nitrogen and oxygen atoms in total. The van der Waals surface area contributed by atoms with Gasteiger partial charge in [0.05, 0.1) is 4.90 Å². The van der Waals surface area contributed by atoms with Crippen molar-refractivity contribution < 1.29 is 18.0 Å². The van der Waals surface area contributed by atoms with Gasteiger partial charge in [-0.1, -0.05) is 70.0 Å². The molecule has 1 fully saturated rings. The first-order valence-electron chi connectivity index (χ1n) is 12.5. The minimum absolute atomic E-state index is 0.117. The largest absolute Gasteiger partial charge is 0.338 e. The molecule has 3 amide bonds. The van der Waals surface area contributed by atoms with Gasteiger partial charge < -0.3 is 15.1 Å². The molecule has 0 aromatic heterocycles. The van der Waals surface area contributed by atoms with E-state index in [0.29, 0.717) is 38.0 Å². The van der Waals surface area contributed by atoms with Gasteiger partial charge in [-0.25, -0.2) is 13.2 Å². The molecule has 0 aliphatic carbocycles. The van der Waals surface area contributed by atoms with Crippen molar-refractivity contribution in [3.05, 3.63) is 42.5 Å². The molecule has 2 N–H and O–H groups in total. The molecule has 2 aromatic carbocycles. The number of urea groups is 1. The number of carbonyl (C=O) groups is 2. The lowest BCUT2D eigenvalue weighted by atomic mass is 9.98. The fourth-order valence-electron chi connectivity index (χ4n) is 4.44. The van der Waals surface area contributed by atoms with Crippen LogP contribution in [0.15, 0.2) is 47.4 Å². The summed E-state index contributed by atoms with van der Waals surface area (Å²) in [6, 6.07) is 11.3. The molecule has 1 aliphatic rings. The second kappa shape index (κ2) is 11.9. The normalized spacial score (nSPS) is 18.3. The third-order valence-corrected chi connectivity index (χ3v) is 8.31. The average Bonchev–Trinajstić information content (AvgIpc) is 2.86. The van der Waals surface area contributed by atoms with Gasteiger partial charge in [-0.2, -0.15) is 4.72 Å². The SMILES string of the molecule is CCCCNC(=O)N1CCN(C(=O)C(NS(=O)(=O)c2cccc3ccccc23)C(C)CC)CC1C. The molecule has 3 unspecified atom stereocenters. The molecule has 1 heterocycles. The number of nitrogens with zero attached hydrogens (tertiary/aromatic N) is 2. The molecule has 35 heavy (non-hydrogen) atoms. The van der Waals surface area contributed by atoms with Crippen LogP contribution in [0.1, 0.15) is 47.0 Å². The Kier molecular flexibility index (Phi) is 9.13. The van der Waals surface area contributed by atoms with Gasteiger partial charge in [0.1, 0.15) is 6.04 Å². The zero-order valence-electron chi connectivity index (χ0n) is 21.2. The van der Waals surface area contributed by atoms with Crippen LogP contribution in [-0.4, -0.2) is 68.4 Å². The number of nitrogens with one attached hydrogen (secondary N) is 2. The van der Waals surface area contributed by atoms with Crippen molar-refractivity contribution in [1.29, 1.82) is 0 Å². The Labute approximate surface area is 209 Å². The summed E-state index contributed by atoms with van der Waals surface area (Å²) in [5, 5.41) is 4.38. The number of fused-ring (bicyclic) bond motifs is 1. The van der Waals surface area contributed by atoms with Crippen LogP contribution in [0.5, 0.6) is 0 Å². The molecular weight excluding hydrogens is 464 g/mol. The fraction of sp³-hybridized carbons (Fsp3) is 0.538. The number of hydrogen-bond acceptors (Lipinski definition) is 4. The van der Waals surface area contributed by atoms with Crippen molar-refractivity contribution in [3.8, 4) is 0 Å². The van der Waals surface area contributed by atoms with Gasteiger partial charge >= 0.3 is 6.03 Å². The molecule has 0 radical (unpaired) electrons. The number of piperazine rings is 1. The van der Waals surface area contributed by atoms with E-state index in [1.54, 1.807) is 34.1 Å². The number of sulfonamides is 1. The third kappa shape index (κ3) is 6.32. The highest BCUT2D eigenvalue weighted by molar-refractivity contribution is 7.89. The lowest BCUT2D eigenvalue weighted by Crippen LogP contribution is -2.61. The summed E-state index contributed by atoms with van der Waals surface area (Å²) < 4.78 is 29.6. The average molecular weight is 503 g/mol. The van der Waals surface area contributed by atoms with Crippen LogP contribution in [0.4, 0.5) is 4.79 Å². The van der Waals surface area contributed by atoms with E-state index in [1.807, 2.05) is 39.0 Å². The van der Waals surface area contributed by atoms with Crippen molar-refractivity contribution in [2.24, 2.45) is 5.92 Å². The van der Waals surface area contributed by atoms with Crippen LogP contribution < -0.4 is 10.0 Å². The quantitative estimate of drug-likeness (QED) is 0.512. The second-order valence-corrected chi connectivity index (χ2v) is 11.1. The van der Waals surface area contributed by atoms with Gasteiger partial charge in [-0.05, 0) is 30.7 Å². The van der Waals surface area contributed by atoms with E-state index in [2.05, 4.69) is 17.0 Å². The van der Waals surface area contributed by atoms with Gasteiger partial charge in [0.2, 0.25) is 15.9 Å². The summed E-state index contributed by atoms with van der Waals surface area (Å²) >= 11 is 0. The van der Waals surface area contributed by atoms with Gasteiger partial charge in [0.25, 0.3) is 0 Å². The highest BCUT2D eigenvalue weighted by Crippen LogP contribution is 2.24. The minimum Gasteiger partial charge on any atom is -0.338 e. The Morgan fingerprint density at radius 2 is 1.80 bits per heavy atom. The molecule has 3 rings (SSSR count). The summed E-state index contributed by atoms with van der Waals surface area (Å²) in [6.45, 7) is 9.59. The number of unbranched alkanes of at least 4 members (excludes halogenated alkanes) is 1. The summed E-state index contributed by atoms with van der Waals surface area (Å²) in [7, 11) is -3.95. The molecule has 1 aliphatic heterocycles. The second-order valence-electron chi connectivity index (χ2n) is 9.37. The number of hydrogen-bond donors (Lipinski definition) is 2. The number of amides is 3. The Morgan fingerprint density at radius 1 is 1.09 bits per heavy atom. The van der Waals surface area contributed by atoms with Crippen molar-refractivity contribution in [2.45, 2.75) is 63.9 Å². The van der Waals surface area contributed by atoms with E-state index in [9.17, 15) is 18.0 Å². The molecule has 0 spiro atoms. The number of rotatable bonds is 9. The standard InChI is InChI=1S/C26H38N4O4S/c1-5-7-15-27-26(32)30-17-16-29(18-20(30)4)25(31)24(19(3)6-2)28-35(33,34)23-14-10-12-21-11-8-9-13-22(21)23/h8-14,19-20,24,28H,5-7,15-18H2,1-4H3,(H,27,32). The predicted molar refractivity (Wildman–Crippen MR) is 139 cm³/mol. The summed E-state index contributed by atoms with van der Waals surface area (Å²) in [6.07, 6.45) is 2.57. The maximum atomic E-state index is 13.6. The van der Waals surface area contributed by atoms with Crippen LogP contribution in [0, 0.1) is 5.92 Å². The van der Waals surface area contributed by atoms with Crippen molar-refractivity contribution in [3.63, 3.8) is 0 Å². The van der Waals surface area contributed by atoms with Gasteiger partial charge in [-0.15, -0.1) is 0 Å². The first kappa shape index (κ1) is 26.9. The Morgan fingerprint density at radius 3 is 2.49 bits per heavy atom. The van der Waals surface area contributed by atoms with Crippen LogP contribution in [0.25, 0.3) is 10.8 Å². The monoisotopic (exact) mass is 502 g/mol. The maximum absolute atomic E-state index is 13.6. The summed E-state index contributed by atoms with van der Waals surface area (Å²) in [5.41, 5.74) is 0. The lowest BCUT2D eigenvalue weighted by molar-refractivity contribution is -0.136. The highest BCUT2D eigenvalue weighted by Gasteiger charge is 2.37. The predicted octanol–water partition coefficient (Wildman–Crippen LogP) is 3.58.